The van der Waals surface area contributed by atoms with Crippen LogP contribution in [0.15, 0.2) is 0 Å². The third-order valence-electron chi connectivity index (χ3n) is 1.86. The van der Waals surface area contributed by atoms with Crippen LogP contribution in [0.1, 0.15) is 12.8 Å². The van der Waals surface area contributed by atoms with E-state index in [4.69, 9.17) is 4.18 Å². The molecular formula is C6H8O3SY-2. The van der Waals surface area contributed by atoms with Crippen LogP contribution in [-0.4, -0.2) is 19.8 Å². The molecule has 0 aromatic carbocycles. The van der Waals surface area contributed by atoms with Gasteiger partial charge in [0.1, 0.15) is 0 Å². The third kappa shape index (κ3) is 1.85. The van der Waals surface area contributed by atoms with Gasteiger partial charge in [0, 0.05) is 32.7 Å². The fourth-order valence-corrected chi connectivity index (χ4v) is 2.72. The minimum atomic E-state index is -3.21. The molecule has 0 amide bonds. The molecule has 0 aromatic rings. The molecule has 1 saturated heterocycles. The largest absolute Gasteiger partial charge is 0.330 e. The summed E-state index contributed by atoms with van der Waals surface area (Å²) in [6.45, 7) is 0. The second kappa shape index (κ2) is 3.40. The van der Waals surface area contributed by atoms with Gasteiger partial charge >= 0.3 is 0 Å². The molecule has 2 unspecified atom stereocenters. The molecule has 1 heterocycles. The summed E-state index contributed by atoms with van der Waals surface area (Å²) in [6.07, 6.45) is 4.95. The van der Waals surface area contributed by atoms with Crippen molar-refractivity contribution in [3.05, 3.63) is 12.8 Å². The summed E-state index contributed by atoms with van der Waals surface area (Å²) in [5, 5.41) is -0.355. The maximum absolute atomic E-state index is 11.0. The van der Waals surface area contributed by atoms with Crippen molar-refractivity contribution in [1.29, 1.82) is 0 Å². The van der Waals surface area contributed by atoms with E-state index in [0.29, 0.717) is 6.42 Å². The van der Waals surface area contributed by atoms with Crippen LogP contribution in [-0.2, 0) is 47.0 Å². The van der Waals surface area contributed by atoms with Crippen LogP contribution in [0.25, 0.3) is 0 Å². The maximum Gasteiger partial charge on any atom is 0.237 e. The quantitative estimate of drug-likeness (QED) is 0.457. The summed E-state index contributed by atoms with van der Waals surface area (Å²) in [5.41, 5.74) is 0. The predicted octanol–water partition coefficient (Wildman–Crippen LogP) is 0.283. The Morgan fingerprint density at radius 1 is 1.36 bits per heavy atom. The molecule has 61 valence electrons. The zero-order valence-electron chi connectivity index (χ0n) is 5.93. The number of fused-ring (bicyclic) bond motifs is 2. The van der Waals surface area contributed by atoms with E-state index >= 15 is 0 Å². The molecule has 2 rings (SSSR count). The van der Waals surface area contributed by atoms with Gasteiger partial charge in [-0.05, 0) is 0 Å². The first kappa shape index (κ1) is 10.1. The molecule has 0 N–H and O–H groups in total. The Labute approximate surface area is 91.9 Å². The standard InChI is InChI=1S/C6H8O3S.Y/c7-10(8)6-3-1-2-5(4-6)9-10;/h1,4-6H,2-3H2;/q-2;. The Kier molecular flexibility index (Phi) is 3.12. The Hall–Kier alpha value is 1.01. The summed E-state index contributed by atoms with van der Waals surface area (Å²) in [4.78, 5) is 0. The molecule has 1 aliphatic heterocycles. The van der Waals surface area contributed by atoms with Crippen molar-refractivity contribution in [2.45, 2.75) is 24.2 Å². The topological polar surface area (TPSA) is 43.4 Å². The SMILES string of the molecule is O=S1(=O)OC2[CH-]C1C[CH-]C2.[Y]. The minimum absolute atomic E-state index is 0. The molecule has 2 atom stereocenters. The van der Waals surface area contributed by atoms with E-state index in [-0.39, 0.29) is 44.1 Å². The van der Waals surface area contributed by atoms with E-state index in [1.807, 2.05) is 6.42 Å². The van der Waals surface area contributed by atoms with Crippen molar-refractivity contribution in [3.63, 3.8) is 0 Å². The molecule has 2 fully saturated rings. The monoisotopic (exact) mass is 249 g/mol. The summed E-state index contributed by atoms with van der Waals surface area (Å²) >= 11 is 0. The second-order valence-electron chi connectivity index (χ2n) is 2.62. The molecule has 2 bridgehead atoms. The zero-order valence-corrected chi connectivity index (χ0v) is 9.59. The first-order valence-corrected chi connectivity index (χ1v) is 4.74. The average molecular weight is 249 g/mol. The van der Waals surface area contributed by atoms with E-state index in [0.717, 1.165) is 6.42 Å². The van der Waals surface area contributed by atoms with E-state index in [1.54, 1.807) is 6.42 Å². The van der Waals surface area contributed by atoms with Crippen molar-refractivity contribution < 1.29 is 45.3 Å². The van der Waals surface area contributed by atoms with E-state index < -0.39 is 10.1 Å². The van der Waals surface area contributed by atoms with Crippen molar-refractivity contribution >= 4 is 10.1 Å². The molecule has 0 aromatic heterocycles. The van der Waals surface area contributed by atoms with E-state index in [9.17, 15) is 8.42 Å². The first-order valence-electron chi connectivity index (χ1n) is 3.27. The van der Waals surface area contributed by atoms with Gasteiger partial charge in [0.15, 0.2) is 0 Å². The van der Waals surface area contributed by atoms with Gasteiger partial charge in [-0.2, -0.15) is 12.8 Å². The fraction of sp³-hybridized carbons (Fsp3) is 0.667. The Bertz CT molecular complexity index is 236. The third-order valence-corrected chi connectivity index (χ3v) is 3.46. The van der Waals surface area contributed by atoms with Crippen LogP contribution >= 0.6 is 0 Å². The van der Waals surface area contributed by atoms with Gasteiger partial charge in [-0.1, -0.05) is 11.4 Å². The maximum atomic E-state index is 11.0. The molecule has 1 aliphatic carbocycles. The van der Waals surface area contributed by atoms with Crippen molar-refractivity contribution in [2.75, 3.05) is 0 Å². The second-order valence-corrected chi connectivity index (χ2v) is 4.40. The van der Waals surface area contributed by atoms with Gasteiger partial charge in [-0.3, -0.25) is 6.42 Å². The molecule has 2 aliphatic rings. The van der Waals surface area contributed by atoms with E-state index in [2.05, 4.69) is 0 Å². The van der Waals surface area contributed by atoms with Crippen LogP contribution in [0, 0.1) is 12.8 Å². The summed E-state index contributed by atoms with van der Waals surface area (Å²) in [7, 11) is -3.21. The van der Waals surface area contributed by atoms with Crippen LogP contribution in [0.4, 0.5) is 0 Å². The molecule has 11 heavy (non-hydrogen) atoms. The van der Waals surface area contributed by atoms with E-state index in [1.165, 1.54) is 0 Å². The van der Waals surface area contributed by atoms with Crippen molar-refractivity contribution in [2.24, 2.45) is 0 Å². The summed E-state index contributed by atoms with van der Waals surface area (Å²) in [6, 6.07) is 0. The first-order chi connectivity index (χ1) is 4.68. The average Bonchev–Trinajstić information content (AvgIpc) is 2.04. The smallest absolute Gasteiger partial charge is 0.237 e. The van der Waals surface area contributed by atoms with Crippen LogP contribution in [0.5, 0.6) is 0 Å². The van der Waals surface area contributed by atoms with Gasteiger partial charge < -0.3 is 10.6 Å². The van der Waals surface area contributed by atoms with Gasteiger partial charge in [0.2, 0.25) is 10.1 Å². The van der Waals surface area contributed by atoms with Gasteiger partial charge in [-0.25, -0.2) is 8.42 Å². The van der Waals surface area contributed by atoms with Crippen molar-refractivity contribution in [3.8, 4) is 0 Å². The molecule has 5 heteroatoms. The number of rotatable bonds is 0. The van der Waals surface area contributed by atoms with Crippen LogP contribution < -0.4 is 0 Å². The Morgan fingerprint density at radius 3 is 2.64 bits per heavy atom. The molecule has 1 radical (unpaired) electrons. The molecule has 0 spiro atoms. The normalized spacial score (nSPS) is 39.6. The Balaban J connectivity index is 0.000000605. The molecule has 3 nitrogen and oxygen atoms in total. The Morgan fingerprint density at radius 2 is 2.09 bits per heavy atom. The predicted molar refractivity (Wildman–Crippen MR) is 35.4 cm³/mol. The summed E-state index contributed by atoms with van der Waals surface area (Å²) in [5.74, 6) is 0. The summed E-state index contributed by atoms with van der Waals surface area (Å²) < 4.78 is 26.7. The molecule has 1 saturated carbocycles. The van der Waals surface area contributed by atoms with Crippen LogP contribution in [0.3, 0.4) is 0 Å². The van der Waals surface area contributed by atoms with Gasteiger partial charge in [-0.15, -0.1) is 0 Å². The number of hydrogen-bond donors (Lipinski definition) is 0. The van der Waals surface area contributed by atoms with Gasteiger partial charge in [0.05, 0.1) is 0 Å². The molecular weight excluding hydrogens is 241 g/mol. The fourth-order valence-electron chi connectivity index (χ4n) is 1.35. The van der Waals surface area contributed by atoms with Gasteiger partial charge in [0.25, 0.3) is 0 Å². The zero-order chi connectivity index (χ0) is 7.19. The number of hydrogen-bond acceptors (Lipinski definition) is 3. The van der Waals surface area contributed by atoms with Crippen molar-refractivity contribution in [1.82, 2.24) is 0 Å². The minimum Gasteiger partial charge on any atom is -0.330 e. The van der Waals surface area contributed by atoms with Crippen LogP contribution in [0.2, 0.25) is 0 Å².